The number of hydrogen-bond acceptors (Lipinski definition) is 2. The Morgan fingerprint density at radius 3 is 2.15 bits per heavy atom. The highest BCUT2D eigenvalue weighted by atomic mass is 16.5. The molecule has 20 heavy (non-hydrogen) atoms. The Balaban J connectivity index is 2.09. The van der Waals surface area contributed by atoms with Gasteiger partial charge in [-0.1, -0.05) is 39.5 Å². The SMILES string of the molecule is CCCNC(C1CCCCCC1)C1C(C)OC(C)C1C. The van der Waals surface area contributed by atoms with Crippen LogP contribution < -0.4 is 5.32 Å². The van der Waals surface area contributed by atoms with Crippen molar-refractivity contribution in [1.82, 2.24) is 5.32 Å². The van der Waals surface area contributed by atoms with E-state index in [0.29, 0.717) is 30.1 Å². The maximum Gasteiger partial charge on any atom is 0.0597 e. The van der Waals surface area contributed by atoms with E-state index < -0.39 is 0 Å². The first-order chi connectivity index (χ1) is 9.65. The van der Waals surface area contributed by atoms with Crippen LogP contribution in [0.4, 0.5) is 0 Å². The molecular weight excluding hydrogens is 246 g/mol. The summed E-state index contributed by atoms with van der Waals surface area (Å²) in [6.07, 6.45) is 10.7. The first kappa shape index (κ1) is 16.3. The zero-order valence-corrected chi connectivity index (χ0v) is 14.0. The molecule has 1 saturated carbocycles. The van der Waals surface area contributed by atoms with E-state index in [1.54, 1.807) is 0 Å². The molecule has 0 spiro atoms. The fourth-order valence-electron chi connectivity index (χ4n) is 4.51. The molecule has 5 atom stereocenters. The monoisotopic (exact) mass is 281 g/mol. The van der Waals surface area contributed by atoms with Crippen molar-refractivity contribution in [2.24, 2.45) is 17.8 Å². The second-order valence-corrected chi connectivity index (χ2v) is 7.21. The lowest BCUT2D eigenvalue weighted by atomic mass is 9.75. The van der Waals surface area contributed by atoms with Gasteiger partial charge in [0.05, 0.1) is 12.2 Å². The van der Waals surface area contributed by atoms with E-state index in [4.69, 9.17) is 4.74 Å². The Hall–Kier alpha value is -0.0800. The summed E-state index contributed by atoms with van der Waals surface area (Å²) in [4.78, 5) is 0. The Bertz CT molecular complexity index is 273. The summed E-state index contributed by atoms with van der Waals surface area (Å²) in [5.41, 5.74) is 0. The fraction of sp³-hybridized carbons (Fsp3) is 1.00. The van der Waals surface area contributed by atoms with E-state index in [-0.39, 0.29) is 0 Å². The molecule has 2 heteroatoms. The molecule has 1 aliphatic carbocycles. The van der Waals surface area contributed by atoms with Crippen LogP contribution in [0.15, 0.2) is 0 Å². The lowest BCUT2D eigenvalue weighted by molar-refractivity contribution is 0.0437. The predicted molar refractivity (Wildman–Crippen MR) is 85.9 cm³/mol. The average molecular weight is 281 g/mol. The number of nitrogens with one attached hydrogen (secondary N) is 1. The third-order valence-corrected chi connectivity index (χ3v) is 5.77. The lowest BCUT2D eigenvalue weighted by Gasteiger charge is -2.36. The molecule has 0 amide bonds. The van der Waals surface area contributed by atoms with Crippen LogP contribution in [0.1, 0.15) is 72.6 Å². The Labute approximate surface area is 126 Å². The highest BCUT2D eigenvalue weighted by Gasteiger charge is 2.43. The second kappa shape index (κ2) is 7.79. The van der Waals surface area contributed by atoms with Crippen LogP contribution in [0.3, 0.4) is 0 Å². The van der Waals surface area contributed by atoms with Gasteiger partial charge in [-0.05, 0) is 51.5 Å². The lowest BCUT2D eigenvalue weighted by Crippen LogP contribution is -2.47. The van der Waals surface area contributed by atoms with Gasteiger partial charge in [-0.3, -0.25) is 0 Å². The Morgan fingerprint density at radius 1 is 1.00 bits per heavy atom. The summed E-state index contributed by atoms with van der Waals surface area (Å²) >= 11 is 0. The van der Waals surface area contributed by atoms with Crippen molar-refractivity contribution in [3.63, 3.8) is 0 Å². The van der Waals surface area contributed by atoms with Crippen LogP contribution in [-0.2, 0) is 4.74 Å². The molecule has 1 N–H and O–H groups in total. The van der Waals surface area contributed by atoms with E-state index in [0.717, 1.165) is 12.5 Å². The highest BCUT2D eigenvalue weighted by molar-refractivity contribution is 4.95. The minimum absolute atomic E-state index is 0.414. The molecule has 2 nitrogen and oxygen atoms in total. The molecule has 0 radical (unpaired) electrons. The molecule has 1 saturated heterocycles. The van der Waals surface area contributed by atoms with Crippen LogP contribution in [0.5, 0.6) is 0 Å². The second-order valence-electron chi connectivity index (χ2n) is 7.21. The maximum absolute atomic E-state index is 6.13. The van der Waals surface area contributed by atoms with E-state index in [1.165, 1.54) is 44.9 Å². The van der Waals surface area contributed by atoms with Crippen molar-refractivity contribution in [2.75, 3.05) is 6.54 Å². The molecule has 0 aromatic rings. The van der Waals surface area contributed by atoms with Gasteiger partial charge in [0.15, 0.2) is 0 Å². The molecule has 5 unspecified atom stereocenters. The molecule has 118 valence electrons. The summed E-state index contributed by atoms with van der Waals surface area (Å²) in [5.74, 6) is 2.25. The third kappa shape index (κ3) is 3.76. The van der Waals surface area contributed by atoms with Crippen LogP contribution >= 0.6 is 0 Å². The van der Waals surface area contributed by atoms with Crippen LogP contribution in [0, 0.1) is 17.8 Å². The third-order valence-electron chi connectivity index (χ3n) is 5.77. The van der Waals surface area contributed by atoms with E-state index in [2.05, 4.69) is 33.0 Å². The number of rotatable bonds is 5. The molecule has 0 bridgehead atoms. The van der Waals surface area contributed by atoms with Gasteiger partial charge in [-0.25, -0.2) is 0 Å². The summed E-state index contributed by atoms with van der Waals surface area (Å²) in [6.45, 7) is 10.4. The van der Waals surface area contributed by atoms with Gasteiger partial charge < -0.3 is 10.1 Å². The largest absolute Gasteiger partial charge is 0.375 e. The molecule has 1 aliphatic heterocycles. The van der Waals surface area contributed by atoms with E-state index in [1.807, 2.05) is 0 Å². The quantitative estimate of drug-likeness (QED) is 0.755. The van der Waals surface area contributed by atoms with Gasteiger partial charge >= 0.3 is 0 Å². The van der Waals surface area contributed by atoms with E-state index in [9.17, 15) is 0 Å². The minimum Gasteiger partial charge on any atom is -0.375 e. The molecular formula is C18H35NO. The molecule has 2 aliphatic rings. The van der Waals surface area contributed by atoms with E-state index >= 15 is 0 Å². The van der Waals surface area contributed by atoms with Gasteiger partial charge in [0, 0.05) is 12.0 Å². The smallest absolute Gasteiger partial charge is 0.0597 e. The summed E-state index contributed by atoms with van der Waals surface area (Å²) in [7, 11) is 0. The first-order valence-corrected chi connectivity index (χ1v) is 9.04. The average Bonchev–Trinajstić information content (AvgIpc) is 2.66. The molecule has 1 heterocycles. The van der Waals surface area contributed by atoms with Crippen molar-refractivity contribution in [3.8, 4) is 0 Å². The molecule has 2 fully saturated rings. The van der Waals surface area contributed by atoms with Crippen molar-refractivity contribution >= 4 is 0 Å². The Kier molecular flexibility index (Phi) is 6.35. The zero-order chi connectivity index (χ0) is 14.5. The van der Waals surface area contributed by atoms with Gasteiger partial charge in [0.2, 0.25) is 0 Å². The summed E-state index contributed by atoms with van der Waals surface area (Å²) in [6, 6.07) is 0.669. The predicted octanol–water partition coefficient (Wildman–Crippen LogP) is 4.38. The molecule has 0 aromatic carbocycles. The van der Waals surface area contributed by atoms with Gasteiger partial charge in [-0.2, -0.15) is 0 Å². The topological polar surface area (TPSA) is 21.3 Å². The minimum atomic E-state index is 0.414. The number of hydrogen-bond donors (Lipinski definition) is 1. The fourth-order valence-corrected chi connectivity index (χ4v) is 4.51. The Morgan fingerprint density at radius 2 is 1.65 bits per heavy atom. The van der Waals surface area contributed by atoms with Crippen molar-refractivity contribution in [2.45, 2.75) is 90.9 Å². The van der Waals surface area contributed by atoms with Crippen molar-refractivity contribution < 1.29 is 4.74 Å². The maximum atomic E-state index is 6.13. The molecule has 0 aromatic heterocycles. The van der Waals surface area contributed by atoms with Gasteiger partial charge in [0.1, 0.15) is 0 Å². The van der Waals surface area contributed by atoms with Crippen molar-refractivity contribution in [3.05, 3.63) is 0 Å². The van der Waals surface area contributed by atoms with Crippen LogP contribution in [-0.4, -0.2) is 24.8 Å². The van der Waals surface area contributed by atoms with Crippen LogP contribution in [0.2, 0.25) is 0 Å². The summed E-state index contributed by atoms with van der Waals surface area (Å²) < 4.78 is 6.13. The standard InChI is InChI=1S/C18H35NO/c1-5-12-19-18(16-10-8-6-7-9-11-16)17-13(2)14(3)20-15(17)4/h13-19H,5-12H2,1-4H3. The summed E-state index contributed by atoms with van der Waals surface area (Å²) in [5, 5.41) is 3.91. The zero-order valence-electron chi connectivity index (χ0n) is 14.0. The van der Waals surface area contributed by atoms with Gasteiger partial charge in [0.25, 0.3) is 0 Å². The van der Waals surface area contributed by atoms with Crippen LogP contribution in [0.25, 0.3) is 0 Å². The number of ether oxygens (including phenoxy) is 1. The highest BCUT2D eigenvalue weighted by Crippen LogP contribution is 2.39. The molecule has 2 rings (SSSR count). The van der Waals surface area contributed by atoms with Crippen molar-refractivity contribution in [1.29, 1.82) is 0 Å². The first-order valence-electron chi connectivity index (χ1n) is 9.04. The normalized spacial score (nSPS) is 37.8. The van der Waals surface area contributed by atoms with Gasteiger partial charge in [-0.15, -0.1) is 0 Å².